The van der Waals surface area contributed by atoms with Gasteiger partial charge in [0.25, 0.3) is 0 Å². The molecule has 0 saturated carbocycles. The maximum Gasteiger partial charge on any atom is 0.225 e. The summed E-state index contributed by atoms with van der Waals surface area (Å²) in [7, 11) is 0. The SMILES string of the molecule is CCC(C)[C@H]1NC(=O)[C@H]1C(C)C. The topological polar surface area (TPSA) is 29.1 Å². The molecule has 0 aliphatic carbocycles. The number of carbonyl (C=O) groups excluding carboxylic acids is 1. The molecule has 1 amide bonds. The summed E-state index contributed by atoms with van der Waals surface area (Å²) in [6.07, 6.45) is 1.15. The summed E-state index contributed by atoms with van der Waals surface area (Å²) in [6, 6.07) is 0.433. The molecule has 1 unspecified atom stereocenters. The molecule has 70 valence electrons. The number of nitrogens with one attached hydrogen (secondary N) is 1. The van der Waals surface area contributed by atoms with Crippen molar-refractivity contribution in [2.24, 2.45) is 17.8 Å². The molecule has 3 atom stereocenters. The number of rotatable bonds is 3. The highest BCUT2D eigenvalue weighted by Crippen LogP contribution is 2.29. The van der Waals surface area contributed by atoms with Gasteiger partial charge in [-0.1, -0.05) is 34.1 Å². The molecular formula is C10H19NO. The molecule has 1 saturated heterocycles. The number of amides is 1. The average Bonchev–Trinajstić information content (AvgIpc) is 1.97. The smallest absolute Gasteiger partial charge is 0.225 e. The summed E-state index contributed by atoms with van der Waals surface area (Å²) in [5.74, 6) is 1.61. The zero-order chi connectivity index (χ0) is 9.30. The second-order valence-electron chi connectivity index (χ2n) is 4.19. The summed E-state index contributed by atoms with van der Waals surface area (Å²) in [5.41, 5.74) is 0. The zero-order valence-electron chi connectivity index (χ0n) is 8.42. The van der Waals surface area contributed by atoms with Gasteiger partial charge in [-0.15, -0.1) is 0 Å². The normalized spacial score (nSPS) is 31.2. The van der Waals surface area contributed by atoms with Crippen LogP contribution >= 0.6 is 0 Å². The van der Waals surface area contributed by atoms with Crippen molar-refractivity contribution in [1.29, 1.82) is 0 Å². The van der Waals surface area contributed by atoms with Gasteiger partial charge in [-0.05, 0) is 11.8 Å². The van der Waals surface area contributed by atoms with Crippen LogP contribution in [0.2, 0.25) is 0 Å². The summed E-state index contributed by atoms with van der Waals surface area (Å²) in [5, 5.41) is 2.99. The lowest BCUT2D eigenvalue weighted by Crippen LogP contribution is -2.62. The molecule has 0 aromatic heterocycles. The fourth-order valence-electron chi connectivity index (χ4n) is 1.88. The maximum absolute atomic E-state index is 11.2. The van der Waals surface area contributed by atoms with Crippen molar-refractivity contribution < 1.29 is 4.79 Å². The fourth-order valence-corrected chi connectivity index (χ4v) is 1.88. The second-order valence-corrected chi connectivity index (χ2v) is 4.19. The van der Waals surface area contributed by atoms with Crippen molar-refractivity contribution in [1.82, 2.24) is 5.32 Å². The van der Waals surface area contributed by atoms with Crippen LogP contribution in [-0.4, -0.2) is 11.9 Å². The van der Waals surface area contributed by atoms with Crippen LogP contribution in [0.5, 0.6) is 0 Å². The minimum absolute atomic E-state index is 0.246. The predicted octanol–water partition coefficient (Wildman–Crippen LogP) is 1.80. The van der Waals surface area contributed by atoms with E-state index in [1.165, 1.54) is 0 Å². The van der Waals surface area contributed by atoms with E-state index in [0.717, 1.165) is 6.42 Å². The van der Waals surface area contributed by atoms with Crippen molar-refractivity contribution in [2.75, 3.05) is 0 Å². The van der Waals surface area contributed by atoms with E-state index in [0.29, 0.717) is 17.9 Å². The number of carbonyl (C=O) groups is 1. The highest BCUT2D eigenvalue weighted by Gasteiger charge is 2.43. The summed E-state index contributed by atoms with van der Waals surface area (Å²) in [6.45, 7) is 8.63. The van der Waals surface area contributed by atoms with Gasteiger partial charge < -0.3 is 5.32 Å². The number of β-lactam (4-membered cyclic amide) rings is 1. The van der Waals surface area contributed by atoms with Crippen LogP contribution in [0.15, 0.2) is 0 Å². The van der Waals surface area contributed by atoms with Crippen molar-refractivity contribution in [3.63, 3.8) is 0 Å². The van der Waals surface area contributed by atoms with E-state index in [-0.39, 0.29) is 11.8 Å². The lowest BCUT2D eigenvalue weighted by atomic mass is 9.75. The molecule has 12 heavy (non-hydrogen) atoms. The van der Waals surface area contributed by atoms with Gasteiger partial charge >= 0.3 is 0 Å². The molecule has 0 aromatic rings. The van der Waals surface area contributed by atoms with Crippen LogP contribution in [0.4, 0.5) is 0 Å². The lowest BCUT2D eigenvalue weighted by molar-refractivity contribution is -0.139. The maximum atomic E-state index is 11.2. The molecule has 0 spiro atoms. The second kappa shape index (κ2) is 3.46. The van der Waals surface area contributed by atoms with E-state index >= 15 is 0 Å². The van der Waals surface area contributed by atoms with Crippen LogP contribution < -0.4 is 5.32 Å². The first kappa shape index (κ1) is 9.56. The van der Waals surface area contributed by atoms with Gasteiger partial charge in [0, 0.05) is 6.04 Å². The molecule has 2 nitrogen and oxygen atoms in total. The molecule has 1 aliphatic rings. The van der Waals surface area contributed by atoms with E-state index in [2.05, 4.69) is 33.0 Å². The minimum Gasteiger partial charge on any atom is -0.352 e. The summed E-state index contributed by atoms with van der Waals surface area (Å²) < 4.78 is 0. The van der Waals surface area contributed by atoms with Gasteiger partial charge in [0.2, 0.25) is 5.91 Å². The Morgan fingerprint density at radius 2 is 2.00 bits per heavy atom. The Bertz CT molecular complexity index is 177. The van der Waals surface area contributed by atoms with Crippen LogP contribution in [0.3, 0.4) is 0 Å². The third-order valence-electron chi connectivity index (χ3n) is 2.97. The Labute approximate surface area is 74.7 Å². The molecule has 0 aromatic carbocycles. The van der Waals surface area contributed by atoms with Gasteiger partial charge in [0.15, 0.2) is 0 Å². The molecule has 1 heterocycles. The lowest BCUT2D eigenvalue weighted by Gasteiger charge is -2.42. The van der Waals surface area contributed by atoms with Gasteiger partial charge in [-0.2, -0.15) is 0 Å². The van der Waals surface area contributed by atoms with E-state index in [9.17, 15) is 4.79 Å². The molecule has 1 rings (SSSR count). The van der Waals surface area contributed by atoms with Gasteiger partial charge in [0.1, 0.15) is 0 Å². The summed E-state index contributed by atoms with van der Waals surface area (Å²) >= 11 is 0. The first-order valence-electron chi connectivity index (χ1n) is 4.88. The first-order chi connectivity index (χ1) is 5.57. The molecule has 1 N–H and O–H groups in total. The highest BCUT2D eigenvalue weighted by atomic mass is 16.2. The van der Waals surface area contributed by atoms with Crippen LogP contribution in [-0.2, 0) is 4.79 Å². The minimum atomic E-state index is 0.246. The van der Waals surface area contributed by atoms with E-state index in [1.807, 2.05) is 0 Å². The highest BCUT2D eigenvalue weighted by molar-refractivity contribution is 5.86. The van der Waals surface area contributed by atoms with Gasteiger partial charge in [-0.3, -0.25) is 4.79 Å². The largest absolute Gasteiger partial charge is 0.352 e. The Morgan fingerprint density at radius 1 is 1.42 bits per heavy atom. The fraction of sp³-hybridized carbons (Fsp3) is 0.900. The van der Waals surface area contributed by atoms with E-state index in [4.69, 9.17) is 0 Å². The third-order valence-corrected chi connectivity index (χ3v) is 2.97. The van der Waals surface area contributed by atoms with Crippen LogP contribution in [0.1, 0.15) is 34.1 Å². The summed E-state index contributed by atoms with van der Waals surface area (Å²) in [4.78, 5) is 11.2. The Hall–Kier alpha value is -0.530. The quantitative estimate of drug-likeness (QED) is 0.641. The molecule has 0 radical (unpaired) electrons. The molecule has 2 heteroatoms. The van der Waals surface area contributed by atoms with Crippen molar-refractivity contribution in [3.8, 4) is 0 Å². The molecule has 1 fully saturated rings. The van der Waals surface area contributed by atoms with Gasteiger partial charge in [-0.25, -0.2) is 0 Å². The van der Waals surface area contributed by atoms with Gasteiger partial charge in [0.05, 0.1) is 5.92 Å². The third kappa shape index (κ3) is 1.47. The Morgan fingerprint density at radius 3 is 2.33 bits per heavy atom. The zero-order valence-corrected chi connectivity index (χ0v) is 8.42. The molecule has 0 bridgehead atoms. The average molecular weight is 169 g/mol. The standard InChI is InChI=1S/C10H19NO/c1-5-7(4)9-8(6(2)3)10(12)11-9/h6-9H,5H2,1-4H3,(H,11,12)/t7?,8-,9+/m0/s1. The van der Waals surface area contributed by atoms with Crippen LogP contribution in [0, 0.1) is 17.8 Å². The molecule has 1 aliphatic heterocycles. The van der Waals surface area contributed by atoms with Crippen molar-refractivity contribution >= 4 is 5.91 Å². The Kier molecular flexibility index (Phi) is 2.76. The van der Waals surface area contributed by atoms with Crippen molar-refractivity contribution in [3.05, 3.63) is 0 Å². The van der Waals surface area contributed by atoms with E-state index < -0.39 is 0 Å². The van der Waals surface area contributed by atoms with Crippen LogP contribution in [0.25, 0.3) is 0 Å². The Balaban J connectivity index is 2.53. The number of hydrogen-bond donors (Lipinski definition) is 1. The monoisotopic (exact) mass is 169 g/mol. The first-order valence-corrected chi connectivity index (χ1v) is 4.88. The molecular weight excluding hydrogens is 150 g/mol. The predicted molar refractivity (Wildman–Crippen MR) is 49.7 cm³/mol. The number of hydrogen-bond acceptors (Lipinski definition) is 1. The van der Waals surface area contributed by atoms with Crippen molar-refractivity contribution in [2.45, 2.75) is 40.2 Å². The van der Waals surface area contributed by atoms with E-state index in [1.54, 1.807) is 0 Å².